The average Bonchev–Trinajstić information content (AvgIpc) is 2.44. The Morgan fingerprint density at radius 3 is 2.48 bits per heavy atom. The van der Waals surface area contributed by atoms with Crippen molar-refractivity contribution >= 4 is 22.0 Å². The molecule has 0 aliphatic heterocycles. The maximum Gasteiger partial charge on any atom is 0.339 e. The van der Waals surface area contributed by atoms with Gasteiger partial charge < -0.3 is 9.84 Å². The number of ether oxygens (including phenoxy) is 1. The summed E-state index contributed by atoms with van der Waals surface area (Å²) in [6.07, 6.45) is -0.322. The zero-order valence-corrected chi connectivity index (χ0v) is 12.6. The van der Waals surface area contributed by atoms with E-state index in [1.165, 1.54) is 31.3 Å². The second kappa shape index (κ2) is 7.19. The van der Waals surface area contributed by atoms with Gasteiger partial charge in [0, 0.05) is 13.6 Å². The van der Waals surface area contributed by atoms with Crippen molar-refractivity contribution in [2.24, 2.45) is 0 Å². The molecule has 0 amide bonds. The maximum atomic E-state index is 12.4. The maximum absolute atomic E-state index is 12.4. The third-order valence-corrected chi connectivity index (χ3v) is 4.63. The van der Waals surface area contributed by atoms with Crippen LogP contribution in [-0.2, 0) is 19.6 Å². The minimum absolute atomic E-state index is 0.0680. The lowest BCUT2D eigenvalue weighted by atomic mass is 10.2. The van der Waals surface area contributed by atoms with Gasteiger partial charge in [-0.3, -0.25) is 4.79 Å². The summed E-state index contributed by atoms with van der Waals surface area (Å²) in [6, 6.07) is 5.66. The predicted octanol–water partition coefficient (Wildman–Crippen LogP) is 0.959. The molecule has 116 valence electrons. The molecule has 0 unspecified atom stereocenters. The molecule has 21 heavy (non-hydrogen) atoms. The van der Waals surface area contributed by atoms with E-state index >= 15 is 0 Å². The highest BCUT2D eigenvalue weighted by molar-refractivity contribution is 7.89. The van der Waals surface area contributed by atoms with Crippen LogP contribution in [0.2, 0.25) is 0 Å². The van der Waals surface area contributed by atoms with Gasteiger partial charge in [-0.15, -0.1) is 0 Å². The zero-order valence-electron chi connectivity index (χ0n) is 11.8. The first-order valence-corrected chi connectivity index (χ1v) is 7.69. The lowest BCUT2D eigenvalue weighted by Crippen LogP contribution is -2.30. The van der Waals surface area contributed by atoms with Crippen molar-refractivity contribution in [3.63, 3.8) is 0 Å². The molecule has 0 aromatic heterocycles. The Morgan fingerprint density at radius 2 is 1.90 bits per heavy atom. The number of hydrogen-bond donors (Lipinski definition) is 1. The summed E-state index contributed by atoms with van der Waals surface area (Å²) in [4.78, 5) is 22.1. The number of rotatable bonds is 7. The van der Waals surface area contributed by atoms with Crippen LogP contribution in [0.4, 0.5) is 0 Å². The van der Waals surface area contributed by atoms with E-state index in [2.05, 4.69) is 0 Å². The molecule has 0 saturated carbocycles. The Balaban J connectivity index is 3.13. The van der Waals surface area contributed by atoms with Crippen molar-refractivity contribution in [3.05, 3.63) is 29.8 Å². The van der Waals surface area contributed by atoms with Gasteiger partial charge in [0.2, 0.25) is 10.0 Å². The van der Waals surface area contributed by atoms with Crippen LogP contribution in [-0.4, -0.2) is 50.0 Å². The lowest BCUT2D eigenvalue weighted by molar-refractivity contribution is -0.137. The van der Waals surface area contributed by atoms with E-state index in [1.54, 1.807) is 6.92 Å². The molecule has 0 saturated heterocycles. The Hall–Kier alpha value is -1.93. The highest BCUT2D eigenvalue weighted by Crippen LogP contribution is 2.20. The lowest BCUT2D eigenvalue weighted by Gasteiger charge is -2.18. The first kappa shape index (κ1) is 17.1. The molecule has 0 aliphatic rings. The first-order chi connectivity index (χ1) is 9.80. The molecule has 1 aromatic rings. The summed E-state index contributed by atoms with van der Waals surface area (Å²) in [5.74, 6) is -1.83. The number of carboxylic acids is 1. The smallest absolute Gasteiger partial charge is 0.339 e. The summed E-state index contributed by atoms with van der Waals surface area (Å²) in [6.45, 7) is 1.56. The van der Waals surface area contributed by atoms with E-state index in [-0.39, 0.29) is 30.0 Å². The van der Waals surface area contributed by atoms with Crippen molar-refractivity contribution in [1.82, 2.24) is 4.31 Å². The Kier molecular flexibility index (Phi) is 5.86. The van der Waals surface area contributed by atoms with Crippen LogP contribution in [0.1, 0.15) is 23.7 Å². The summed E-state index contributed by atoms with van der Waals surface area (Å²) >= 11 is 0. The minimum Gasteiger partial charge on any atom is -0.481 e. The van der Waals surface area contributed by atoms with Crippen LogP contribution < -0.4 is 0 Å². The molecule has 0 atom stereocenters. The number of nitrogens with zero attached hydrogens (tertiary/aromatic N) is 1. The SMILES string of the molecule is CCOC(=O)c1ccccc1S(=O)(=O)N(C)CCC(=O)O. The molecule has 1 N–H and O–H groups in total. The fraction of sp³-hybridized carbons (Fsp3) is 0.385. The summed E-state index contributed by atoms with van der Waals surface area (Å²) in [5, 5.41) is 8.62. The highest BCUT2D eigenvalue weighted by atomic mass is 32.2. The van der Waals surface area contributed by atoms with Gasteiger partial charge in [-0.25, -0.2) is 17.5 Å². The van der Waals surface area contributed by atoms with Gasteiger partial charge >= 0.3 is 11.9 Å². The molecule has 0 spiro atoms. The highest BCUT2D eigenvalue weighted by Gasteiger charge is 2.27. The van der Waals surface area contributed by atoms with Crippen LogP contribution in [0.15, 0.2) is 29.2 Å². The molecule has 0 radical (unpaired) electrons. The average molecular weight is 315 g/mol. The van der Waals surface area contributed by atoms with Gasteiger partial charge in [0.1, 0.15) is 0 Å². The van der Waals surface area contributed by atoms with Crippen molar-refractivity contribution in [2.45, 2.75) is 18.2 Å². The monoisotopic (exact) mass is 315 g/mol. The second-order valence-electron chi connectivity index (χ2n) is 4.19. The van der Waals surface area contributed by atoms with Crippen LogP contribution in [0.5, 0.6) is 0 Å². The predicted molar refractivity (Wildman–Crippen MR) is 74.5 cm³/mol. The zero-order chi connectivity index (χ0) is 16.0. The minimum atomic E-state index is -3.96. The number of esters is 1. The van der Waals surface area contributed by atoms with E-state index in [9.17, 15) is 18.0 Å². The van der Waals surface area contributed by atoms with E-state index in [4.69, 9.17) is 9.84 Å². The third-order valence-electron chi connectivity index (χ3n) is 2.71. The van der Waals surface area contributed by atoms with E-state index in [0.717, 1.165) is 4.31 Å². The molecule has 8 heteroatoms. The third kappa shape index (κ3) is 4.27. The number of carbonyl (C=O) groups is 2. The second-order valence-corrected chi connectivity index (χ2v) is 6.20. The largest absolute Gasteiger partial charge is 0.481 e. The number of carboxylic acid groups (broad SMARTS) is 1. The van der Waals surface area contributed by atoms with Crippen molar-refractivity contribution in [1.29, 1.82) is 0 Å². The summed E-state index contributed by atoms with van der Waals surface area (Å²) in [7, 11) is -2.70. The van der Waals surface area contributed by atoms with Crippen LogP contribution >= 0.6 is 0 Å². The Labute approximate surface area is 123 Å². The van der Waals surface area contributed by atoms with Crippen LogP contribution in [0, 0.1) is 0 Å². The topological polar surface area (TPSA) is 101 Å². The van der Waals surface area contributed by atoms with E-state index in [1.807, 2.05) is 0 Å². The van der Waals surface area contributed by atoms with Crippen molar-refractivity contribution in [3.8, 4) is 0 Å². The molecule has 0 bridgehead atoms. The molecule has 0 fully saturated rings. The number of sulfonamides is 1. The van der Waals surface area contributed by atoms with Gasteiger partial charge in [0.25, 0.3) is 0 Å². The molecule has 1 aromatic carbocycles. The number of aliphatic carboxylic acids is 1. The van der Waals surface area contributed by atoms with E-state index in [0.29, 0.717) is 0 Å². The number of benzene rings is 1. The first-order valence-electron chi connectivity index (χ1n) is 6.25. The van der Waals surface area contributed by atoms with Crippen LogP contribution in [0.25, 0.3) is 0 Å². The van der Waals surface area contributed by atoms with Gasteiger partial charge in [-0.1, -0.05) is 12.1 Å². The van der Waals surface area contributed by atoms with Gasteiger partial charge in [-0.2, -0.15) is 0 Å². The Morgan fingerprint density at radius 1 is 1.29 bits per heavy atom. The fourth-order valence-corrected chi connectivity index (χ4v) is 2.96. The molecule has 7 nitrogen and oxygen atoms in total. The molecular weight excluding hydrogens is 298 g/mol. The van der Waals surface area contributed by atoms with Gasteiger partial charge in [0.05, 0.1) is 23.5 Å². The molecule has 1 rings (SSSR count). The van der Waals surface area contributed by atoms with Crippen molar-refractivity contribution in [2.75, 3.05) is 20.2 Å². The quantitative estimate of drug-likeness (QED) is 0.752. The Bertz CT molecular complexity index is 625. The molecule has 0 heterocycles. The molecular formula is C13H17NO6S. The number of carbonyl (C=O) groups excluding carboxylic acids is 1. The summed E-state index contributed by atoms with van der Waals surface area (Å²) < 4.78 is 30.5. The standard InChI is InChI=1S/C13H17NO6S/c1-3-20-13(17)10-6-4-5-7-11(10)21(18,19)14(2)9-8-12(15)16/h4-7H,3,8-9H2,1-2H3,(H,15,16). The number of hydrogen-bond acceptors (Lipinski definition) is 5. The van der Waals surface area contributed by atoms with Crippen molar-refractivity contribution < 1.29 is 27.9 Å². The molecule has 0 aliphatic carbocycles. The fourth-order valence-electron chi connectivity index (χ4n) is 1.61. The van der Waals surface area contributed by atoms with E-state index < -0.39 is 22.0 Å². The van der Waals surface area contributed by atoms with Gasteiger partial charge in [-0.05, 0) is 19.1 Å². The van der Waals surface area contributed by atoms with Crippen LogP contribution in [0.3, 0.4) is 0 Å². The van der Waals surface area contributed by atoms with Gasteiger partial charge in [0.15, 0.2) is 0 Å². The summed E-state index contributed by atoms with van der Waals surface area (Å²) in [5.41, 5.74) is -0.0680. The normalized spacial score (nSPS) is 11.4.